The van der Waals surface area contributed by atoms with Crippen LogP contribution in [-0.4, -0.2) is 109 Å². The zero-order valence-electron chi connectivity index (χ0n) is 30.2. The van der Waals surface area contributed by atoms with Crippen molar-refractivity contribution in [2.24, 2.45) is 13.0 Å². The van der Waals surface area contributed by atoms with E-state index in [1.807, 2.05) is 12.1 Å². The molecular weight excluding hydrogens is 735 g/mol. The van der Waals surface area contributed by atoms with Gasteiger partial charge in [0.2, 0.25) is 17.8 Å². The van der Waals surface area contributed by atoms with E-state index >= 15 is 0 Å². The number of benzene rings is 2. The van der Waals surface area contributed by atoms with Gasteiger partial charge in [-0.25, -0.2) is 9.37 Å². The van der Waals surface area contributed by atoms with Crippen molar-refractivity contribution in [3.05, 3.63) is 75.4 Å². The summed E-state index contributed by atoms with van der Waals surface area (Å²) in [4.78, 5) is 76.2. The number of carbonyl (C=O) groups is 4. The lowest BCUT2D eigenvalue weighted by Gasteiger charge is -2.44. The van der Waals surface area contributed by atoms with E-state index in [1.54, 1.807) is 31.4 Å². The van der Waals surface area contributed by atoms with Gasteiger partial charge in [0, 0.05) is 89.0 Å². The van der Waals surface area contributed by atoms with Crippen molar-refractivity contribution < 1.29 is 28.3 Å². The van der Waals surface area contributed by atoms with E-state index < -0.39 is 29.6 Å². The molecule has 5 heterocycles. The zero-order chi connectivity index (χ0) is 38.8. The van der Waals surface area contributed by atoms with Crippen LogP contribution in [-0.2, 0) is 21.4 Å². The number of nitrogens with one attached hydrogen (secondary N) is 4. The Kier molecular flexibility index (Phi) is 10.8. The third kappa shape index (κ3) is 8.32. The van der Waals surface area contributed by atoms with Gasteiger partial charge in [-0.2, -0.15) is 4.98 Å². The fraction of sp³-hybridized carbons (Fsp3) is 0.378. The third-order valence-corrected chi connectivity index (χ3v) is 10.3. The summed E-state index contributed by atoms with van der Waals surface area (Å²) in [5.74, 6) is -1.26. The second-order valence-corrected chi connectivity index (χ2v) is 14.2. The molecular formula is C37H40ClFN10O6. The first-order valence-corrected chi connectivity index (χ1v) is 18.3. The van der Waals surface area contributed by atoms with Crippen molar-refractivity contribution >= 4 is 69.3 Å². The SMILES string of the molecule is CNC(=O)COc1cc2cc(Nc3nc(N4CCN(CC5CN(c6ccc(C(=O)NC7CCC(=O)NC7=O)c(F)c6)C5)CC4)ncc3Cl)ccc2n(C)c1=O. The quantitative estimate of drug-likeness (QED) is 0.163. The van der Waals surface area contributed by atoms with E-state index in [2.05, 4.69) is 41.0 Å². The second-order valence-electron chi connectivity index (χ2n) is 13.8. The molecule has 2 aromatic carbocycles. The Morgan fingerprint density at radius 1 is 1.04 bits per heavy atom. The van der Waals surface area contributed by atoms with Crippen molar-refractivity contribution in [1.82, 2.24) is 35.4 Å². The number of ether oxygens (including phenoxy) is 1. The van der Waals surface area contributed by atoms with Crippen LogP contribution in [0.25, 0.3) is 10.9 Å². The number of amides is 4. The highest BCUT2D eigenvalue weighted by molar-refractivity contribution is 6.33. The van der Waals surface area contributed by atoms with Crippen molar-refractivity contribution in [3.63, 3.8) is 0 Å². The number of aromatic nitrogens is 3. The lowest BCUT2D eigenvalue weighted by atomic mass is 9.97. The average Bonchev–Trinajstić information content (AvgIpc) is 3.15. The summed E-state index contributed by atoms with van der Waals surface area (Å²) >= 11 is 6.51. The van der Waals surface area contributed by atoms with Gasteiger partial charge in [-0.15, -0.1) is 0 Å². The number of rotatable bonds is 11. The van der Waals surface area contributed by atoms with Crippen LogP contribution in [0.2, 0.25) is 5.02 Å². The minimum atomic E-state index is -0.877. The molecule has 3 saturated heterocycles. The number of hydrogen-bond acceptors (Lipinski definition) is 12. The Morgan fingerprint density at radius 2 is 1.82 bits per heavy atom. The first-order chi connectivity index (χ1) is 26.4. The van der Waals surface area contributed by atoms with E-state index in [0.717, 1.165) is 32.7 Å². The normalized spacial score (nSPS) is 17.8. The number of nitrogens with zero attached hydrogens (tertiary/aromatic N) is 6. The monoisotopic (exact) mass is 774 g/mol. The first kappa shape index (κ1) is 37.5. The fourth-order valence-electron chi connectivity index (χ4n) is 6.93. The molecule has 55 heavy (non-hydrogen) atoms. The zero-order valence-corrected chi connectivity index (χ0v) is 31.0. The van der Waals surface area contributed by atoms with Gasteiger partial charge in [-0.1, -0.05) is 11.6 Å². The molecule has 0 aliphatic carbocycles. The molecule has 0 spiro atoms. The maximum absolute atomic E-state index is 15.0. The Morgan fingerprint density at radius 3 is 2.55 bits per heavy atom. The molecule has 4 aromatic rings. The molecule has 7 rings (SSSR count). The highest BCUT2D eigenvalue weighted by atomic mass is 35.5. The van der Waals surface area contributed by atoms with Gasteiger partial charge in [0.05, 0.1) is 17.3 Å². The molecule has 0 bridgehead atoms. The number of anilines is 4. The molecule has 1 atom stereocenters. The van der Waals surface area contributed by atoms with Crippen molar-refractivity contribution in [3.8, 4) is 5.75 Å². The van der Waals surface area contributed by atoms with Crippen LogP contribution < -0.4 is 41.4 Å². The largest absolute Gasteiger partial charge is 0.478 e. The summed E-state index contributed by atoms with van der Waals surface area (Å²) in [5.41, 5.74) is 1.55. The van der Waals surface area contributed by atoms with Crippen LogP contribution in [0, 0.1) is 11.7 Å². The molecule has 16 nitrogen and oxygen atoms in total. The molecule has 1 unspecified atom stereocenters. The molecule has 3 aliphatic heterocycles. The molecule has 4 N–H and O–H groups in total. The smallest absolute Gasteiger partial charge is 0.293 e. The summed E-state index contributed by atoms with van der Waals surface area (Å²) < 4.78 is 21.9. The highest BCUT2D eigenvalue weighted by Gasteiger charge is 2.32. The van der Waals surface area contributed by atoms with Crippen molar-refractivity contribution in [2.75, 3.05) is 74.6 Å². The van der Waals surface area contributed by atoms with Gasteiger partial charge < -0.3 is 35.1 Å². The molecule has 3 aliphatic rings. The summed E-state index contributed by atoms with van der Waals surface area (Å²) in [7, 11) is 3.13. The Balaban J connectivity index is 0.904. The summed E-state index contributed by atoms with van der Waals surface area (Å²) in [6, 6.07) is 10.7. The van der Waals surface area contributed by atoms with Crippen LogP contribution in [0.4, 0.5) is 27.5 Å². The molecule has 3 fully saturated rings. The van der Waals surface area contributed by atoms with Crippen LogP contribution >= 0.6 is 11.6 Å². The van der Waals surface area contributed by atoms with Crippen molar-refractivity contribution in [1.29, 1.82) is 0 Å². The van der Waals surface area contributed by atoms with Gasteiger partial charge in [0.1, 0.15) is 16.9 Å². The number of piperidine rings is 1. The maximum Gasteiger partial charge on any atom is 0.293 e. The van der Waals surface area contributed by atoms with Crippen LogP contribution in [0.1, 0.15) is 23.2 Å². The topological polar surface area (TPSA) is 183 Å². The standard InChI is InChI=1S/C37H40ClFN10O6/c1-40-32(51)20-55-30-14-22-13-23(3-7-29(22)46(2)36(30)54)42-33-26(38)16-41-37(45-33)48-11-9-47(10-12-48)17-21-18-49(19-21)24-4-5-25(27(39)15-24)34(52)43-28-6-8-31(50)44-35(28)53/h3-5,7,13-16,21,28H,6,8-12,17-20H2,1-2H3,(H,40,51)(H,43,52)(H,41,42,45)(H,44,50,53). The van der Waals surface area contributed by atoms with Gasteiger partial charge in [-0.05, 0) is 48.9 Å². The predicted molar refractivity (Wildman–Crippen MR) is 203 cm³/mol. The van der Waals surface area contributed by atoms with Gasteiger partial charge in [0.15, 0.2) is 18.2 Å². The number of halogens is 2. The number of pyridine rings is 1. The summed E-state index contributed by atoms with van der Waals surface area (Å²) in [5, 5.41) is 11.5. The molecule has 0 radical (unpaired) electrons. The number of fused-ring (bicyclic) bond motifs is 1. The minimum absolute atomic E-state index is 0.0608. The van der Waals surface area contributed by atoms with Gasteiger partial charge in [0.25, 0.3) is 17.4 Å². The fourth-order valence-corrected chi connectivity index (χ4v) is 7.07. The first-order valence-electron chi connectivity index (χ1n) is 17.9. The Hall–Kier alpha value is -5.81. The highest BCUT2D eigenvalue weighted by Crippen LogP contribution is 2.30. The van der Waals surface area contributed by atoms with Gasteiger partial charge in [-0.3, -0.25) is 34.2 Å². The van der Waals surface area contributed by atoms with Gasteiger partial charge >= 0.3 is 0 Å². The maximum atomic E-state index is 15.0. The Bertz CT molecular complexity index is 2220. The second kappa shape index (κ2) is 15.9. The van der Waals surface area contributed by atoms with E-state index in [0.29, 0.717) is 58.1 Å². The molecule has 288 valence electrons. The molecule has 4 amide bonds. The average molecular weight is 775 g/mol. The number of hydrogen-bond donors (Lipinski definition) is 4. The molecule has 2 aromatic heterocycles. The summed E-state index contributed by atoms with van der Waals surface area (Å²) in [6.45, 7) is 5.18. The molecule has 0 saturated carbocycles. The Labute approximate surface area is 320 Å². The van der Waals surface area contributed by atoms with Crippen LogP contribution in [0.3, 0.4) is 0 Å². The lowest BCUT2D eigenvalue weighted by Crippen LogP contribution is -2.55. The number of aryl methyl sites for hydroxylation is 1. The van der Waals surface area contributed by atoms with E-state index in [-0.39, 0.29) is 42.2 Å². The predicted octanol–water partition coefficient (Wildman–Crippen LogP) is 1.78. The van der Waals surface area contributed by atoms with Crippen molar-refractivity contribution in [2.45, 2.75) is 18.9 Å². The lowest BCUT2D eigenvalue weighted by molar-refractivity contribution is -0.134. The van der Waals surface area contributed by atoms with E-state index in [1.165, 1.54) is 23.7 Å². The number of imide groups is 1. The summed E-state index contributed by atoms with van der Waals surface area (Å²) in [6.07, 6.45) is 1.86. The van der Waals surface area contributed by atoms with E-state index in [4.69, 9.17) is 21.3 Å². The van der Waals surface area contributed by atoms with Crippen LogP contribution in [0.5, 0.6) is 5.75 Å². The number of carbonyl (C=O) groups excluding carboxylic acids is 4. The number of likely N-dealkylation sites (N-methyl/N-ethyl adjacent to an activating group) is 1. The third-order valence-electron chi connectivity index (χ3n) is 10.1. The molecule has 18 heteroatoms. The minimum Gasteiger partial charge on any atom is -0.478 e. The van der Waals surface area contributed by atoms with Crippen LogP contribution in [0.15, 0.2) is 53.5 Å². The number of piperazine rings is 1. The van der Waals surface area contributed by atoms with E-state index in [9.17, 15) is 28.4 Å².